The Bertz CT molecular complexity index is 720. The molecule has 2 heterocycles. The van der Waals surface area contributed by atoms with E-state index >= 15 is 0 Å². The molecule has 1 aromatic carbocycles. The standard InChI is InChI=1S/C15H14N2O4/c1-2-12-4-6-14(21-12)15(18)16-8-7-10-9-11(17(19)20)3-5-13(10)16/h3-6,9H,2,7-8H2,1H3. The van der Waals surface area contributed by atoms with E-state index in [0.717, 1.165) is 23.4 Å². The van der Waals surface area contributed by atoms with Crippen LogP contribution in [-0.2, 0) is 12.8 Å². The summed E-state index contributed by atoms with van der Waals surface area (Å²) < 4.78 is 5.48. The van der Waals surface area contributed by atoms with E-state index in [-0.39, 0.29) is 11.6 Å². The molecule has 3 rings (SSSR count). The first-order valence-electron chi connectivity index (χ1n) is 6.78. The molecule has 0 saturated carbocycles. The molecule has 0 saturated heterocycles. The molecule has 108 valence electrons. The predicted octanol–water partition coefficient (Wildman–Crippen LogP) is 2.95. The van der Waals surface area contributed by atoms with Gasteiger partial charge in [-0.3, -0.25) is 14.9 Å². The number of benzene rings is 1. The van der Waals surface area contributed by atoms with Crippen LogP contribution in [-0.4, -0.2) is 17.4 Å². The third-order valence-corrected chi connectivity index (χ3v) is 3.64. The number of rotatable bonds is 3. The lowest BCUT2D eigenvalue weighted by atomic mass is 10.1. The van der Waals surface area contributed by atoms with Crippen molar-refractivity contribution in [2.75, 3.05) is 11.4 Å². The number of furan rings is 1. The van der Waals surface area contributed by atoms with Gasteiger partial charge in [0.2, 0.25) is 0 Å². The SMILES string of the molecule is CCc1ccc(C(=O)N2CCc3cc([N+](=O)[O-])ccc32)o1. The Morgan fingerprint density at radius 2 is 2.19 bits per heavy atom. The van der Waals surface area contributed by atoms with E-state index in [1.807, 2.05) is 6.92 Å². The second-order valence-corrected chi connectivity index (χ2v) is 4.90. The van der Waals surface area contributed by atoms with Gasteiger partial charge >= 0.3 is 0 Å². The monoisotopic (exact) mass is 286 g/mol. The summed E-state index contributed by atoms with van der Waals surface area (Å²) in [5.74, 6) is 0.863. The van der Waals surface area contributed by atoms with Gasteiger partial charge in [0.1, 0.15) is 5.76 Å². The molecule has 0 aliphatic carbocycles. The van der Waals surface area contributed by atoms with Gasteiger partial charge in [-0.1, -0.05) is 6.92 Å². The average Bonchev–Trinajstić information content (AvgIpc) is 3.12. The Morgan fingerprint density at radius 3 is 2.86 bits per heavy atom. The summed E-state index contributed by atoms with van der Waals surface area (Å²) in [5.41, 5.74) is 1.59. The van der Waals surface area contributed by atoms with Crippen molar-refractivity contribution in [1.82, 2.24) is 0 Å². The van der Waals surface area contributed by atoms with Gasteiger partial charge in [-0.2, -0.15) is 0 Å². The van der Waals surface area contributed by atoms with Crippen LogP contribution < -0.4 is 4.90 Å². The van der Waals surface area contributed by atoms with Crippen LogP contribution in [0.2, 0.25) is 0 Å². The van der Waals surface area contributed by atoms with Crippen LogP contribution in [0.15, 0.2) is 34.7 Å². The number of carbonyl (C=O) groups is 1. The average molecular weight is 286 g/mol. The lowest BCUT2D eigenvalue weighted by Gasteiger charge is -2.15. The second-order valence-electron chi connectivity index (χ2n) is 4.90. The molecule has 1 amide bonds. The number of carbonyl (C=O) groups excluding carboxylic acids is 1. The number of nitrogens with zero attached hydrogens (tertiary/aromatic N) is 2. The van der Waals surface area contributed by atoms with E-state index in [4.69, 9.17) is 4.42 Å². The zero-order valence-electron chi connectivity index (χ0n) is 11.5. The normalized spacial score (nSPS) is 13.3. The molecule has 1 aliphatic heterocycles. The molecule has 0 unspecified atom stereocenters. The number of nitro benzene ring substituents is 1. The summed E-state index contributed by atoms with van der Waals surface area (Å²) in [6.45, 7) is 2.47. The molecule has 0 bridgehead atoms. The van der Waals surface area contributed by atoms with Crippen molar-refractivity contribution in [3.63, 3.8) is 0 Å². The fourth-order valence-corrected chi connectivity index (χ4v) is 2.53. The van der Waals surface area contributed by atoms with Crippen LogP contribution in [0.3, 0.4) is 0 Å². The summed E-state index contributed by atoms with van der Waals surface area (Å²) in [7, 11) is 0. The first-order valence-corrected chi connectivity index (χ1v) is 6.78. The highest BCUT2D eigenvalue weighted by atomic mass is 16.6. The molecular formula is C15H14N2O4. The lowest BCUT2D eigenvalue weighted by molar-refractivity contribution is -0.384. The van der Waals surface area contributed by atoms with Gasteiger partial charge in [-0.25, -0.2) is 0 Å². The van der Waals surface area contributed by atoms with Gasteiger partial charge in [0.05, 0.1) is 4.92 Å². The molecule has 0 N–H and O–H groups in total. The zero-order chi connectivity index (χ0) is 15.0. The third-order valence-electron chi connectivity index (χ3n) is 3.64. The van der Waals surface area contributed by atoms with Crippen molar-refractivity contribution in [2.24, 2.45) is 0 Å². The van der Waals surface area contributed by atoms with Crippen molar-refractivity contribution in [3.8, 4) is 0 Å². The van der Waals surface area contributed by atoms with Gasteiger partial charge in [-0.15, -0.1) is 0 Å². The molecule has 0 spiro atoms. The van der Waals surface area contributed by atoms with E-state index in [0.29, 0.717) is 18.7 Å². The number of nitro groups is 1. The maximum Gasteiger partial charge on any atom is 0.293 e. The minimum atomic E-state index is -0.426. The highest BCUT2D eigenvalue weighted by Crippen LogP contribution is 2.32. The Kier molecular flexibility index (Phi) is 3.21. The maximum atomic E-state index is 12.5. The van der Waals surface area contributed by atoms with Crippen molar-refractivity contribution < 1.29 is 14.1 Å². The van der Waals surface area contributed by atoms with E-state index in [1.54, 1.807) is 23.1 Å². The number of amides is 1. The lowest BCUT2D eigenvalue weighted by Crippen LogP contribution is -2.28. The first kappa shape index (κ1) is 13.4. The molecule has 2 aromatic rings. The van der Waals surface area contributed by atoms with Crippen LogP contribution in [0.5, 0.6) is 0 Å². The predicted molar refractivity (Wildman–Crippen MR) is 76.6 cm³/mol. The number of hydrogen-bond acceptors (Lipinski definition) is 4. The second kappa shape index (κ2) is 5.05. The van der Waals surface area contributed by atoms with Gasteiger partial charge in [-0.05, 0) is 30.2 Å². The van der Waals surface area contributed by atoms with Crippen molar-refractivity contribution in [2.45, 2.75) is 19.8 Å². The minimum Gasteiger partial charge on any atom is -0.456 e. The van der Waals surface area contributed by atoms with Gasteiger partial charge < -0.3 is 9.32 Å². The Morgan fingerprint density at radius 1 is 1.38 bits per heavy atom. The molecular weight excluding hydrogens is 272 g/mol. The van der Waals surface area contributed by atoms with Gasteiger partial charge in [0.15, 0.2) is 5.76 Å². The summed E-state index contributed by atoms with van der Waals surface area (Å²) in [6.07, 6.45) is 1.35. The fourth-order valence-electron chi connectivity index (χ4n) is 2.53. The summed E-state index contributed by atoms with van der Waals surface area (Å²) in [4.78, 5) is 24.4. The summed E-state index contributed by atoms with van der Waals surface area (Å²) in [6, 6.07) is 8.04. The minimum absolute atomic E-state index is 0.0503. The van der Waals surface area contributed by atoms with Crippen LogP contribution in [0, 0.1) is 10.1 Å². The molecule has 0 atom stereocenters. The third kappa shape index (κ3) is 2.29. The number of hydrogen-bond donors (Lipinski definition) is 0. The van der Waals surface area contributed by atoms with Crippen molar-refractivity contribution in [1.29, 1.82) is 0 Å². The van der Waals surface area contributed by atoms with Crippen molar-refractivity contribution >= 4 is 17.3 Å². The first-order chi connectivity index (χ1) is 10.1. The molecule has 21 heavy (non-hydrogen) atoms. The van der Waals surface area contributed by atoms with E-state index < -0.39 is 4.92 Å². The molecule has 0 fully saturated rings. The van der Waals surface area contributed by atoms with Gasteiger partial charge in [0, 0.05) is 30.8 Å². The fraction of sp³-hybridized carbons (Fsp3) is 0.267. The molecule has 6 heteroatoms. The number of non-ortho nitro benzene ring substituents is 1. The molecule has 6 nitrogen and oxygen atoms in total. The number of aryl methyl sites for hydroxylation is 1. The zero-order valence-corrected chi connectivity index (χ0v) is 11.5. The summed E-state index contributed by atoms with van der Waals surface area (Å²) >= 11 is 0. The maximum absolute atomic E-state index is 12.5. The molecule has 1 aliphatic rings. The molecule has 1 aromatic heterocycles. The van der Waals surface area contributed by atoms with Crippen LogP contribution >= 0.6 is 0 Å². The number of anilines is 1. The van der Waals surface area contributed by atoms with E-state index in [2.05, 4.69) is 0 Å². The van der Waals surface area contributed by atoms with Crippen molar-refractivity contribution in [3.05, 3.63) is 57.5 Å². The Balaban J connectivity index is 1.90. The number of fused-ring (bicyclic) bond motifs is 1. The van der Waals surface area contributed by atoms with Crippen LogP contribution in [0.25, 0.3) is 0 Å². The molecule has 0 radical (unpaired) electrons. The highest BCUT2D eigenvalue weighted by Gasteiger charge is 2.28. The van der Waals surface area contributed by atoms with Gasteiger partial charge in [0.25, 0.3) is 11.6 Å². The largest absolute Gasteiger partial charge is 0.456 e. The van der Waals surface area contributed by atoms with E-state index in [9.17, 15) is 14.9 Å². The van der Waals surface area contributed by atoms with Crippen LogP contribution in [0.4, 0.5) is 11.4 Å². The topological polar surface area (TPSA) is 76.6 Å². The highest BCUT2D eigenvalue weighted by molar-refractivity contribution is 6.05. The Labute approximate surface area is 121 Å². The Hall–Kier alpha value is -2.63. The summed E-state index contributed by atoms with van der Waals surface area (Å²) in [5, 5.41) is 10.8. The van der Waals surface area contributed by atoms with Crippen LogP contribution in [0.1, 0.15) is 28.8 Å². The smallest absolute Gasteiger partial charge is 0.293 e. The quantitative estimate of drug-likeness (QED) is 0.642. The van der Waals surface area contributed by atoms with E-state index in [1.165, 1.54) is 12.1 Å².